The summed E-state index contributed by atoms with van der Waals surface area (Å²) in [4.78, 5) is 0. The Labute approximate surface area is 103 Å². The lowest BCUT2D eigenvalue weighted by Crippen LogP contribution is -1.81. The van der Waals surface area contributed by atoms with E-state index in [1.807, 2.05) is 12.1 Å². The molecule has 0 unspecified atom stereocenters. The Hall–Kier alpha value is -0.690. The van der Waals surface area contributed by atoms with Gasteiger partial charge < -0.3 is 0 Å². The first-order valence-corrected chi connectivity index (χ1v) is 5.43. The first-order chi connectivity index (χ1) is 7.18. The van der Waals surface area contributed by atoms with E-state index in [0.717, 1.165) is 11.1 Å². The summed E-state index contributed by atoms with van der Waals surface area (Å²) in [7, 11) is 0. The fourth-order valence-electron chi connectivity index (χ4n) is 1.37. The van der Waals surface area contributed by atoms with Crippen LogP contribution in [-0.4, -0.2) is 0 Å². The van der Waals surface area contributed by atoms with Crippen LogP contribution in [-0.2, 0) is 0 Å². The minimum absolute atomic E-state index is 0.545. The monoisotopic (exact) mass is 255 g/mol. The average Bonchev–Trinajstić information content (AvgIpc) is 2.17. The Balaban J connectivity index is 2.63. The highest BCUT2D eigenvalue weighted by atomic mass is 35.5. The van der Waals surface area contributed by atoms with E-state index in [2.05, 4.69) is 6.07 Å². The number of halogens is 3. The fourth-order valence-corrected chi connectivity index (χ4v) is 2.16. The minimum Gasteiger partial charge on any atom is -0.0836 e. The van der Waals surface area contributed by atoms with Crippen LogP contribution in [0.1, 0.15) is 0 Å². The van der Waals surface area contributed by atoms with Crippen LogP contribution >= 0.6 is 34.8 Å². The Kier molecular flexibility index (Phi) is 3.20. The van der Waals surface area contributed by atoms with Gasteiger partial charge in [-0.25, -0.2) is 0 Å². The lowest BCUT2D eigenvalue weighted by Gasteiger charge is -2.06. The van der Waals surface area contributed by atoms with E-state index in [9.17, 15) is 0 Å². The molecule has 0 nitrogen and oxygen atoms in total. The Morgan fingerprint density at radius 2 is 1.60 bits per heavy atom. The molecule has 15 heavy (non-hydrogen) atoms. The molecule has 0 aliphatic heterocycles. The predicted octanol–water partition coefficient (Wildman–Crippen LogP) is 5.11. The van der Waals surface area contributed by atoms with Crippen molar-refractivity contribution in [2.45, 2.75) is 0 Å². The smallest absolute Gasteiger partial charge is 0.0499 e. The molecule has 2 aromatic carbocycles. The summed E-state index contributed by atoms with van der Waals surface area (Å²) in [6.07, 6.45) is 0. The average molecular weight is 257 g/mol. The summed E-state index contributed by atoms with van der Waals surface area (Å²) in [6, 6.07) is 13.7. The van der Waals surface area contributed by atoms with Gasteiger partial charge in [0, 0.05) is 26.7 Å². The van der Waals surface area contributed by atoms with Gasteiger partial charge in [-0.2, -0.15) is 0 Å². The van der Waals surface area contributed by atoms with E-state index in [0.29, 0.717) is 15.1 Å². The minimum atomic E-state index is 0.545. The molecule has 0 saturated heterocycles. The van der Waals surface area contributed by atoms with E-state index in [1.54, 1.807) is 24.3 Å². The lowest BCUT2D eigenvalue weighted by molar-refractivity contribution is 1.61. The van der Waals surface area contributed by atoms with Crippen LogP contribution < -0.4 is 0 Å². The Bertz CT molecular complexity index is 472. The molecule has 0 atom stereocenters. The van der Waals surface area contributed by atoms with Crippen LogP contribution in [0.2, 0.25) is 15.1 Å². The number of hydrogen-bond donors (Lipinski definition) is 0. The first kappa shape index (κ1) is 10.8. The third-order valence-corrected chi connectivity index (χ3v) is 2.87. The molecule has 0 aliphatic carbocycles. The van der Waals surface area contributed by atoms with Crippen molar-refractivity contribution in [1.82, 2.24) is 0 Å². The standard InChI is InChI=1S/C12H6Cl3/c13-9-4-1-3-8(7-9)12-10(14)5-2-6-11(12)15/h1-3,5-7H. The van der Waals surface area contributed by atoms with Gasteiger partial charge in [0.25, 0.3) is 0 Å². The summed E-state index contributed by atoms with van der Waals surface area (Å²) in [5, 5.41) is 1.78. The molecule has 75 valence electrons. The van der Waals surface area contributed by atoms with Gasteiger partial charge in [0.15, 0.2) is 0 Å². The van der Waals surface area contributed by atoms with E-state index < -0.39 is 0 Å². The summed E-state index contributed by atoms with van der Waals surface area (Å²) in [6.45, 7) is 0. The molecule has 2 rings (SSSR count). The summed E-state index contributed by atoms with van der Waals surface area (Å²) in [5.41, 5.74) is 1.70. The zero-order valence-electron chi connectivity index (χ0n) is 7.60. The number of benzene rings is 2. The highest BCUT2D eigenvalue weighted by Gasteiger charge is 2.07. The molecule has 0 saturated carbocycles. The largest absolute Gasteiger partial charge is 0.0836 e. The highest BCUT2D eigenvalue weighted by molar-refractivity contribution is 6.39. The van der Waals surface area contributed by atoms with Gasteiger partial charge in [-0.3, -0.25) is 0 Å². The van der Waals surface area contributed by atoms with E-state index in [1.165, 1.54) is 0 Å². The second-order valence-corrected chi connectivity index (χ2v) is 4.24. The van der Waals surface area contributed by atoms with Crippen LogP contribution in [0.4, 0.5) is 0 Å². The topological polar surface area (TPSA) is 0 Å². The van der Waals surface area contributed by atoms with Crippen LogP contribution in [0.3, 0.4) is 0 Å². The van der Waals surface area contributed by atoms with E-state index in [-0.39, 0.29) is 0 Å². The van der Waals surface area contributed by atoms with E-state index in [4.69, 9.17) is 34.8 Å². The Morgan fingerprint density at radius 1 is 0.933 bits per heavy atom. The zero-order valence-corrected chi connectivity index (χ0v) is 9.87. The summed E-state index contributed by atoms with van der Waals surface area (Å²) in [5.74, 6) is 0. The van der Waals surface area contributed by atoms with Gasteiger partial charge in [0.2, 0.25) is 0 Å². The molecular weight excluding hydrogens is 250 g/mol. The van der Waals surface area contributed by atoms with Gasteiger partial charge >= 0.3 is 0 Å². The maximum atomic E-state index is 6.08. The maximum Gasteiger partial charge on any atom is 0.0499 e. The second-order valence-electron chi connectivity index (χ2n) is 3.02. The fraction of sp³-hybridized carbons (Fsp3) is 0. The maximum absolute atomic E-state index is 6.08. The van der Waals surface area contributed by atoms with Gasteiger partial charge in [-0.15, -0.1) is 0 Å². The van der Waals surface area contributed by atoms with Gasteiger partial charge in [-0.05, 0) is 23.8 Å². The van der Waals surface area contributed by atoms with Crippen molar-refractivity contribution in [3.05, 3.63) is 57.5 Å². The molecule has 0 amide bonds. The van der Waals surface area contributed by atoms with Crippen LogP contribution in [0, 0.1) is 6.07 Å². The highest BCUT2D eigenvalue weighted by Crippen LogP contribution is 2.35. The van der Waals surface area contributed by atoms with Crippen molar-refractivity contribution >= 4 is 34.8 Å². The van der Waals surface area contributed by atoms with Crippen LogP contribution in [0.25, 0.3) is 11.1 Å². The molecule has 2 aromatic rings. The molecule has 0 bridgehead atoms. The molecule has 0 N–H and O–H groups in total. The zero-order chi connectivity index (χ0) is 10.8. The summed E-state index contributed by atoms with van der Waals surface area (Å²) >= 11 is 18.0. The van der Waals surface area contributed by atoms with Crippen LogP contribution in [0.15, 0.2) is 36.4 Å². The van der Waals surface area contributed by atoms with E-state index >= 15 is 0 Å². The molecule has 0 aliphatic rings. The second kappa shape index (κ2) is 4.44. The third kappa shape index (κ3) is 2.28. The van der Waals surface area contributed by atoms with Crippen molar-refractivity contribution < 1.29 is 0 Å². The molecule has 1 radical (unpaired) electrons. The number of rotatable bonds is 1. The molecule has 0 aromatic heterocycles. The van der Waals surface area contributed by atoms with Crippen LogP contribution in [0.5, 0.6) is 0 Å². The third-order valence-electron chi connectivity index (χ3n) is 2.02. The first-order valence-electron chi connectivity index (χ1n) is 4.30. The quantitative estimate of drug-likeness (QED) is 0.665. The van der Waals surface area contributed by atoms with Gasteiger partial charge in [-0.1, -0.05) is 53.0 Å². The molecular formula is C12H6Cl3. The normalized spacial score (nSPS) is 10.3. The van der Waals surface area contributed by atoms with Crippen molar-refractivity contribution in [2.75, 3.05) is 0 Å². The predicted molar refractivity (Wildman–Crippen MR) is 65.7 cm³/mol. The van der Waals surface area contributed by atoms with Gasteiger partial charge in [0.1, 0.15) is 0 Å². The van der Waals surface area contributed by atoms with Gasteiger partial charge in [0.05, 0.1) is 0 Å². The molecule has 0 spiro atoms. The molecule has 0 fully saturated rings. The Morgan fingerprint density at radius 3 is 2.20 bits per heavy atom. The SMILES string of the molecule is Clc1[c]ccc(-c2c(Cl)cccc2Cl)c1. The number of hydrogen-bond acceptors (Lipinski definition) is 0. The van der Waals surface area contributed by atoms with Crippen molar-refractivity contribution in [2.24, 2.45) is 0 Å². The molecule has 0 heterocycles. The summed E-state index contributed by atoms with van der Waals surface area (Å²) < 4.78 is 0. The van der Waals surface area contributed by atoms with Crippen molar-refractivity contribution in [3.8, 4) is 11.1 Å². The van der Waals surface area contributed by atoms with Crippen molar-refractivity contribution in [3.63, 3.8) is 0 Å². The van der Waals surface area contributed by atoms with Crippen molar-refractivity contribution in [1.29, 1.82) is 0 Å². The molecule has 3 heteroatoms. The lowest BCUT2D eigenvalue weighted by atomic mass is 10.1.